The van der Waals surface area contributed by atoms with Gasteiger partial charge in [0.1, 0.15) is 5.75 Å². The van der Waals surface area contributed by atoms with Gasteiger partial charge < -0.3 is 9.30 Å². The smallest absolute Gasteiger partial charge is 0.428 e. The van der Waals surface area contributed by atoms with Crippen LogP contribution in [-0.2, 0) is 6.54 Å². The third-order valence-electron chi connectivity index (χ3n) is 2.74. The van der Waals surface area contributed by atoms with Crippen molar-refractivity contribution in [3.05, 3.63) is 53.9 Å². The first-order valence-electron chi connectivity index (χ1n) is 5.96. The van der Waals surface area contributed by atoms with E-state index in [2.05, 4.69) is 4.74 Å². The van der Waals surface area contributed by atoms with E-state index in [1.165, 1.54) is 12.1 Å². The molecule has 0 atom stereocenters. The molecule has 0 aliphatic carbocycles. The highest BCUT2D eigenvalue weighted by atomic mass is 19.3. The van der Waals surface area contributed by atoms with Gasteiger partial charge in [-0.25, -0.2) is 0 Å². The molecule has 2 aromatic rings. The maximum Gasteiger partial charge on any atom is 0.461 e. The molecule has 21 heavy (non-hydrogen) atoms. The molecule has 0 amide bonds. The molecule has 112 valence electrons. The van der Waals surface area contributed by atoms with Crippen LogP contribution in [0.3, 0.4) is 0 Å². The number of rotatable bonds is 6. The molecule has 7 heteroatoms. The molecular formula is C14H11F4NO2. The maximum absolute atomic E-state index is 12.8. The number of benzene rings is 1. The molecule has 1 aromatic heterocycles. The maximum atomic E-state index is 12.8. The summed E-state index contributed by atoms with van der Waals surface area (Å²) in [6.07, 6.45) is -6.15. The molecule has 0 saturated heterocycles. The third-order valence-corrected chi connectivity index (χ3v) is 2.74. The Morgan fingerprint density at radius 2 is 2.00 bits per heavy atom. The second-order valence-corrected chi connectivity index (χ2v) is 4.29. The van der Waals surface area contributed by atoms with E-state index in [0.29, 0.717) is 17.5 Å². The van der Waals surface area contributed by atoms with Gasteiger partial charge in [0.25, 0.3) is 0 Å². The minimum absolute atomic E-state index is 0.235. The predicted octanol–water partition coefficient (Wildman–Crippen LogP) is 3.59. The Hall–Kier alpha value is -2.31. The summed E-state index contributed by atoms with van der Waals surface area (Å²) in [5.74, 6) is -0.363. The molecule has 3 nitrogen and oxygen atoms in total. The van der Waals surface area contributed by atoms with Crippen LogP contribution in [0.2, 0.25) is 0 Å². The van der Waals surface area contributed by atoms with Crippen molar-refractivity contribution in [3.63, 3.8) is 0 Å². The Kier molecular flexibility index (Phi) is 4.30. The highest BCUT2D eigenvalue weighted by Gasteiger charge is 2.43. The lowest BCUT2D eigenvalue weighted by atomic mass is 10.2. The van der Waals surface area contributed by atoms with Crippen molar-refractivity contribution in [1.29, 1.82) is 0 Å². The molecule has 1 heterocycles. The number of nitrogens with zero attached hydrogens (tertiary/aromatic N) is 1. The first kappa shape index (κ1) is 15.1. The number of hydrogen-bond acceptors (Lipinski definition) is 2. The molecule has 0 aliphatic rings. The predicted molar refractivity (Wildman–Crippen MR) is 66.9 cm³/mol. The van der Waals surface area contributed by atoms with Crippen molar-refractivity contribution in [1.82, 2.24) is 4.57 Å². The van der Waals surface area contributed by atoms with Crippen LogP contribution in [0, 0.1) is 0 Å². The number of carbonyl (C=O) groups is 1. The fourth-order valence-corrected chi connectivity index (χ4v) is 1.78. The third kappa shape index (κ3) is 3.62. The largest absolute Gasteiger partial charge is 0.461 e. The van der Waals surface area contributed by atoms with Crippen LogP contribution < -0.4 is 4.74 Å². The fourth-order valence-electron chi connectivity index (χ4n) is 1.78. The van der Waals surface area contributed by atoms with Gasteiger partial charge >= 0.3 is 12.5 Å². The average molecular weight is 301 g/mol. The Morgan fingerprint density at radius 1 is 1.24 bits per heavy atom. The lowest BCUT2D eigenvalue weighted by Gasteiger charge is -2.17. The quantitative estimate of drug-likeness (QED) is 0.603. The lowest BCUT2D eigenvalue weighted by molar-refractivity contribution is -0.253. The SMILES string of the molecule is O=Cc1cccn1Cc1cccc(OC(F)(F)C(F)F)c1. The molecule has 0 saturated carbocycles. The molecule has 0 radical (unpaired) electrons. The number of aromatic nitrogens is 1. The first-order valence-corrected chi connectivity index (χ1v) is 5.96. The number of aldehydes is 1. The van der Waals surface area contributed by atoms with Gasteiger partial charge in [-0.3, -0.25) is 4.79 Å². The van der Waals surface area contributed by atoms with Crippen LogP contribution >= 0.6 is 0 Å². The van der Waals surface area contributed by atoms with Gasteiger partial charge in [-0.15, -0.1) is 0 Å². The average Bonchev–Trinajstić information content (AvgIpc) is 2.85. The van der Waals surface area contributed by atoms with E-state index in [9.17, 15) is 22.4 Å². The summed E-state index contributed by atoms with van der Waals surface area (Å²) in [7, 11) is 0. The van der Waals surface area contributed by atoms with E-state index in [1.807, 2.05) is 0 Å². The highest BCUT2D eigenvalue weighted by Crippen LogP contribution is 2.28. The monoisotopic (exact) mass is 301 g/mol. The molecule has 0 spiro atoms. The van der Waals surface area contributed by atoms with Crippen molar-refractivity contribution >= 4 is 6.29 Å². The Balaban J connectivity index is 2.16. The van der Waals surface area contributed by atoms with Crippen molar-refractivity contribution in [2.75, 3.05) is 0 Å². The van der Waals surface area contributed by atoms with Crippen molar-refractivity contribution < 1.29 is 27.1 Å². The van der Waals surface area contributed by atoms with Crippen LogP contribution in [0.5, 0.6) is 5.75 Å². The number of halogens is 4. The summed E-state index contributed by atoms with van der Waals surface area (Å²) in [6.45, 7) is 0.235. The summed E-state index contributed by atoms with van der Waals surface area (Å²) in [4.78, 5) is 10.8. The molecule has 1 aromatic carbocycles. The highest BCUT2D eigenvalue weighted by molar-refractivity contribution is 5.72. The normalized spacial score (nSPS) is 11.7. The van der Waals surface area contributed by atoms with Crippen LogP contribution in [0.4, 0.5) is 17.6 Å². The van der Waals surface area contributed by atoms with Crippen LogP contribution in [0.25, 0.3) is 0 Å². The number of hydrogen-bond donors (Lipinski definition) is 0. The van der Waals surface area contributed by atoms with E-state index in [0.717, 1.165) is 6.07 Å². The first-order chi connectivity index (χ1) is 9.92. The van der Waals surface area contributed by atoms with E-state index in [4.69, 9.17) is 0 Å². The molecule has 2 rings (SSSR count). The molecule has 0 bridgehead atoms. The Morgan fingerprint density at radius 3 is 2.67 bits per heavy atom. The van der Waals surface area contributed by atoms with E-state index in [1.54, 1.807) is 29.0 Å². The minimum atomic E-state index is -4.54. The lowest BCUT2D eigenvalue weighted by Crippen LogP contribution is -2.33. The zero-order chi connectivity index (χ0) is 15.5. The summed E-state index contributed by atoms with van der Waals surface area (Å²) in [6, 6.07) is 8.67. The number of carbonyl (C=O) groups excluding carboxylic acids is 1. The topological polar surface area (TPSA) is 31.2 Å². The zero-order valence-corrected chi connectivity index (χ0v) is 10.7. The van der Waals surface area contributed by atoms with Crippen molar-refractivity contribution in [3.8, 4) is 5.75 Å². The summed E-state index contributed by atoms with van der Waals surface area (Å²) >= 11 is 0. The van der Waals surface area contributed by atoms with Gasteiger partial charge in [-0.1, -0.05) is 12.1 Å². The van der Waals surface area contributed by atoms with Gasteiger partial charge in [-0.2, -0.15) is 17.6 Å². The van der Waals surface area contributed by atoms with Gasteiger partial charge in [0.15, 0.2) is 6.29 Å². The molecule has 0 unspecified atom stereocenters. The number of alkyl halides is 4. The van der Waals surface area contributed by atoms with Gasteiger partial charge in [0.2, 0.25) is 0 Å². The second-order valence-electron chi connectivity index (χ2n) is 4.29. The second kappa shape index (κ2) is 5.99. The number of ether oxygens (including phenoxy) is 1. The van der Waals surface area contributed by atoms with Crippen LogP contribution in [-0.4, -0.2) is 23.4 Å². The Labute approximate surface area is 117 Å². The van der Waals surface area contributed by atoms with E-state index in [-0.39, 0.29) is 12.3 Å². The van der Waals surface area contributed by atoms with Crippen LogP contribution in [0.1, 0.15) is 16.1 Å². The molecule has 0 aliphatic heterocycles. The zero-order valence-electron chi connectivity index (χ0n) is 10.7. The fraction of sp³-hybridized carbons (Fsp3) is 0.214. The van der Waals surface area contributed by atoms with E-state index < -0.39 is 12.5 Å². The molecular weight excluding hydrogens is 290 g/mol. The van der Waals surface area contributed by atoms with Gasteiger partial charge in [0.05, 0.1) is 5.69 Å². The summed E-state index contributed by atoms with van der Waals surface area (Å²) < 4.78 is 55.5. The standard InChI is InChI=1S/C14H11F4NO2/c15-13(16)14(17,18)21-12-5-1-3-10(7-12)8-19-6-2-4-11(19)9-20/h1-7,9,13H,8H2. The van der Waals surface area contributed by atoms with Gasteiger partial charge in [-0.05, 0) is 29.8 Å². The van der Waals surface area contributed by atoms with Crippen LogP contribution in [0.15, 0.2) is 42.6 Å². The summed E-state index contributed by atoms with van der Waals surface area (Å²) in [5.41, 5.74) is 0.955. The summed E-state index contributed by atoms with van der Waals surface area (Å²) in [5, 5.41) is 0. The Bertz CT molecular complexity index is 625. The van der Waals surface area contributed by atoms with Crippen molar-refractivity contribution in [2.24, 2.45) is 0 Å². The van der Waals surface area contributed by atoms with E-state index >= 15 is 0 Å². The molecule has 0 fully saturated rings. The van der Waals surface area contributed by atoms with Crippen molar-refractivity contribution in [2.45, 2.75) is 19.1 Å². The molecule has 0 N–H and O–H groups in total. The minimum Gasteiger partial charge on any atom is -0.428 e. The van der Waals surface area contributed by atoms with Gasteiger partial charge in [0, 0.05) is 12.7 Å².